The highest BCUT2D eigenvalue weighted by atomic mass is 16.4. The van der Waals surface area contributed by atoms with E-state index in [0.29, 0.717) is 18.1 Å². The van der Waals surface area contributed by atoms with E-state index in [4.69, 9.17) is 32.5 Å². The SMILES string of the molecule is CCC(C)N.CCC(C)N.CCC(C)N.O=C(O)c1cc(C(=O)O)cc(C(=O)O)c1. The molecular weight excluding hydrogens is 390 g/mol. The maximum absolute atomic E-state index is 10.6. The number of aromatic carboxylic acids is 3. The van der Waals surface area contributed by atoms with Crippen molar-refractivity contribution in [1.29, 1.82) is 0 Å². The molecule has 1 aromatic rings. The van der Waals surface area contributed by atoms with Gasteiger partial charge < -0.3 is 32.5 Å². The van der Waals surface area contributed by atoms with Crippen LogP contribution in [-0.4, -0.2) is 51.4 Å². The monoisotopic (exact) mass is 429 g/mol. The van der Waals surface area contributed by atoms with Gasteiger partial charge in [0, 0.05) is 18.1 Å². The maximum atomic E-state index is 10.6. The molecule has 3 atom stereocenters. The van der Waals surface area contributed by atoms with Gasteiger partial charge in [0.05, 0.1) is 16.7 Å². The van der Waals surface area contributed by atoms with Crippen molar-refractivity contribution in [1.82, 2.24) is 0 Å². The summed E-state index contributed by atoms with van der Waals surface area (Å²) >= 11 is 0. The molecule has 174 valence electrons. The standard InChI is InChI=1S/C9H6O6.3C4H11N/c10-7(11)4-1-5(8(12)13)3-6(2-4)9(14)15;3*1-3-4(2)5/h1-3H,(H,10,11)(H,12,13)(H,14,15);3*4H,3,5H2,1-2H3. The summed E-state index contributed by atoms with van der Waals surface area (Å²) in [5.74, 6) is -4.12. The molecule has 0 radical (unpaired) electrons. The van der Waals surface area contributed by atoms with Gasteiger partial charge >= 0.3 is 17.9 Å². The maximum Gasteiger partial charge on any atom is 0.335 e. The molecule has 0 fully saturated rings. The second kappa shape index (κ2) is 18.5. The van der Waals surface area contributed by atoms with Crippen molar-refractivity contribution in [3.63, 3.8) is 0 Å². The molecule has 0 heterocycles. The van der Waals surface area contributed by atoms with Gasteiger partial charge in [-0.05, 0) is 58.2 Å². The fraction of sp³-hybridized carbons (Fsp3) is 0.571. The van der Waals surface area contributed by atoms with Gasteiger partial charge in [-0.1, -0.05) is 20.8 Å². The molecule has 30 heavy (non-hydrogen) atoms. The van der Waals surface area contributed by atoms with Gasteiger partial charge in [-0.2, -0.15) is 0 Å². The number of carbonyl (C=O) groups is 3. The second-order valence-electron chi connectivity index (χ2n) is 6.87. The van der Waals surface area contributed by atoms with E-state index < -0.39 is 17.9 Å². The Hall–Kier alpha value is -2.49. The van der Waals surface area contributed by atoms with E-state index >= 15 is 0 Å². The lowest BCUT2D eigenvalue weighted by Crippen LogP contribution is -2.11. The Bertz CT molecular complexity index is 533. The predicted molar refractivity (Wildman–Crippen MR) is 119 cm³/mol. The van der Waals surface area contributed by atoms with Gasteiger partial charge in [0.15, 0.2) is 0 Å². The summed E-state index contributed by atoms with van der Waals surface area (Å²) in [5.41, 5.74) is 14.8. The van der Waals surface area contributed by atoms with E-state index in [1.165, 1.54) is 0 Å². The molecule has 9 heteroatoms. The Morgan fingerprint density at radius 2 is 0.767 bits per heavy atom. The molecule has 0 aromatic heterocycles. The van der Waals surface area contributed by atoms with Gasteiger partial charge in [0.1, 0.15) is 0 Å². The molecule has 1 rings (SSSR count). The summed E-state index contributed by atoms with van der Waals surface area (Å²) in [6.45, 7) is 12.2. The van der Waals surface area contributed by atoms with Crippen molar-refractivity contribution in [2.45, 2.75) is 78.9 Å². The van der Waals surface area contributed by atoms with Gasteiger partial charge in [0.25, 0.3) is 0 Å². The second-order valence-corrected chi connectivity index (χ2v) is 6.87. The average molecular weight is 430 g/mol. The molecule has 0 saturated heterocycles. The van der Waals surface area contributed by atoms with Crippen LogP contribution in [0.1, 0.15) is 91.9 Å². The first kappa shape index (κ1) is 32.2. The molecule has 0 spiro atoms. The molecule has 0 aliphatic heterocycles. The van der Waals surface area contributed by atoms with Crippen LogP contribution in [0.25, 0.3) is 0 Å². The number of hydrogen-bond donors (Lipinski definition) is 6. The number of hydrogen-bond acceptors (Lipinski definition) is 6. The molecule has 1 aromatic carbocycles. The van der Waals surface area contributed by atoms with Crippen molar-refractivity contribution >= 4 is 17.9 Å². The zero-order valence-electron chi connectivity index (χ0n) is 18.9. The number of carboxylic acids is 3. The minimum atomic E-state index is -1.37. The molecule has 0 saturated carbocycles. The topological polar surface area (TPSA) is 190 Å². The van der Waals surface area contributed by atoms with Gasteiger partial charge in [-0.3, -0.25) is 0 Å². The highest BCUT2D eigenvalue weighted by Gasteiger charge is 2.14. The first-order chi connectivity index (χ1) is 13.7. The summed E-state index contributed by atoms with van der Waals surface area (Å²) in [5, 5.41) is 25.8. The van der Waals surface area contributed by atoms with Crippen LogP contribution in [-0.2, 0) is 0 Å². The van der Waals surface area contributed by atoms with Crippen molar-refractivity contribution < 1.29 is 29.7 Å². The fourth-order valence-corrected chi connectivity index (χ4v) is 0.998. The van der Waals surface area contributed by atoms with Gasteiger partial charge in [0.2, 0.25) is 0 Å². The summed E-state index contributed by atoms with van der Waals surface area (Å²) in [4.78, 5) is 31.7. The van der Waals surface area contributed by atoms with E-state index in [1.54, 1.807) is 0 Å². The van der Waals surface area contributed by atoms with Crippen molar-refractivity contribution in [3.05, 3.63) is 34.9 Å². The molecule has 3 unspecified atom stereocenters. The quantitative estimate of drug-likeness (QED) is 0.394. The zero-order valence-corrected chi connectivity index (χ0v) is 18.9. The van der Waals surface area contributed by atoms with E-state index in [1.807, 2.05) is 20.8 Å². The van der Waals surface area contributed by atoms with Crippen LogP contribution >= 0.6 is 0 Å². The van der Waals surface area contributed by atoms with Crippen molar-refractivity contribution in [2.75, 3.05) is 0 Å². The van der Waals surface area contributed by atoms with Gasteiger partial charge in [-0.25, -0.2) is 14.4 Å². The van der Waals surface area contributed by atoms with Crippen LogP contribution in [0.4, 0.5) is 0 Å². The van der Waals surface area contributed by atoms with Gasteiger partial charge in [-0.15, -0.1) is 0 Å². The fourth-order valence-electron chi connectivity index (χ4n) is 0.998. The molecule has 0 aliphatic carbocycles. The number of benzene rings is 1. The number of rotatable bonds is 6. The summed E-state index contributed by atoms with van der Waals surface area (Å²) in [7, 11) is 0. The third-order valence-electron chi connectivity index (χ3n) is 3.61. The molecule has 9 N–H and O–H groups in total. The molecule has 0 bridgehead atoms. The Morgan fingerprint density at radius 3 is 0.833 bits per heavy atom. The third-order valence-corrected chi connectivity index (χ3v) is 3.61. The van der Waals surface area contributed by atoms with Crippen LogP contribution in [0.2, 0.25) is 0 Å². The smallest absolute Gasteiger partial charge is 0.335 e. The largest absolute Gasteiger partial charge is 0.478 e. The van der Waals surface area contributed by atoms with E-state index in [0.717, 1.165) is 37.5 Å². The molecular formula is C21H39N3O6. The van der Waals surface area contributed by atoms with Crippen molar-refractivity contribution in [3.8, 4) is 0 Å². The number of carboxylic acid groups (broad SMARTS) is 3. The lowest BCUT2D eigenvalue weighted by atomic mass is 10.1. The van der Waals surface area contributed by atoms with E-state index in [-0.39, 0.29) is 16.7 Å². The van der Waals surface area contributed by atoms with E-state index in [9.17, 15) is 14.4 Å². The van der Waals surface area contributed by atoms with Crippen LogP contribution in [0.15, 0.2) is 18.2 Å². The van der Waals surface area contributed by atoms with E-state index in [2.05, 4.69) is 20.8 Å². The Labute approximate surface area is 179 Å². The highest BCUT2D eigenvalue weighted by molar-refractivity contribution is 5.98. The predicted octanol–water partition coefficient (Wildman–Crippen LogP) is 3.01. The lowest BCUT2D eigenvalue weighted by molar-refractivity contribution is 0.0696. The van der Waals surface area contributed by atoms with Crippen LogP contribution in [0.3, 0.4) is 0 Å². The average Bonchev–Trinajstić information content (AvgIpc) is 2.68. The third kappa shape index (κ3) is 20.2. The Balaban J connectivity index is -0.000000400. The highest BCUT2D eigenvalue weighted by Crippen LogP contribution is 2.11. The Kier molecular flexibility index (Phi) is 19.9. The lowest BCUT2D eigenvalue weighted by Gasteiger charge is -2.00. The summed E-state index contributed by atoms with van der Waals surface area (Å²) < 4.78 is 0. The van der Waals surface area contributed by atoms with Crippen LogP contribution in [0.5, 0.6) is 0 Å². The Morgan fingerprint density at radius 1 is 0.633 bits per heavy atom. The minimum absolute atomic E-state index is 0.368. The first-order valence-corrected chi connectivity index (χ1v) is 9.84. The van der Waals surface area contributed by atoms with Crippen LogP contribution < -0.4 is 17.2 Å². The van der Waals surface area contributed by atoms with Crippen LogP contribution in [0, 0.1) is 0 Å². The zero-order chi connectivity index (χ0) is 24.4. The molecule has 0 aliphatic rings. The number of nitrogens with two attached hydrogens (primary N) is 3. The summed E-state index contributed by atoms with van der Waals surface area (Å²) in [6.07, 6.45) is 3.25. The normalized spacial score (nSPS) is 12.3. The van der Waals surface area contributed by atoms with Crippen molar-refractivity contribution in [2.24, 2.45) is 17.2 Å². The minimum Gasteiger partial charge on any atom is -0.478 e. The molecule has 0 amide bonds. The summed E-state index contributed by atoms with van der Waals surface area (Å²) in [6, 6.07) is 3.85. The molecule has 9 nitrogen and oxygen atoms in total. The first-order valence-electron chi connectivity index (χ1n) is 9.84.